The molecule has 0 spiro atoms. The van der Waals surface area contributed by atoms with Crippen LogP contribution >= 0.6 is 31.9 Å². The summed E-state index contributed by atoms with van der Waals surface area (Å²) in [7, 11) is -1.13. The largest absolute Gasteiger partial charge is 0.478 e. The molecule has 0 bridgehead atoms. The Balaban J connectivity index is 0.000000222. The highest BCUT2D eigenvalue weighted by Gasteiger charge is 2.21. The minimum atomic E-state index is -1.13. The number of halogens is 2. The molecule has 15 heteroatoms. The summed E-state index contributed by atoms with van der Waals surface area (Å²) in [5, 5.41) is 21.2. The van der Waals surface area contributed by atoms with Crippen molar-refractivity contribution in [1.29, 1.82) is 0 Å². The fourth-order valence-electron chi connectivity index (χ4n) is 3.34. The number of carbonyl (C=O) groups is 2. The number of rotatable bonds is 10. The Bertz CT molecular complexity index is 1500. The summed E-state index contributed by atoms with van der Waals surface area (Å²) in [6.07, 6.45) is 6.22. The van der Waals surface area contributed by atoms with Gasteiger partial charge in [-0.3, -0.25) is 4.79 Å². The number of aliphatic hydroxyl groups excluding tert-OH is 1. The maximum Gasteiger partial charge on any atom is 0.339 e. The van der Waals surface area contributed by atoms with E-state index < -0.39 is 14.0 Å². The third kappa shape index (κ3) is 8.64. The summed E-state index contributed by atoms with van der Waals surface area (Å²) in [5.74, 6) is -1.26. The lowest BCUT2D eigenvalue weighted by molar-refractivity contribution is 0.0695. The Hall–Kier alpha value is -2.72. The molecule has 0 aliphatic rings. The van der Waals surface area contributed by atoms with Crippen molar-refractivity contribution >= 4 is 74.1 Å². The van der Waals surface area contributed by atoms with Crippen molar-refractivity contribution in [3.8, 4) is 0 Å². The van der Waals surface area contributed by atoms with Gasteiger partial charge in [-0.2, -0.15) is 0 Å². The van der Waals surface area contributed by atoms with E-state index in [4.69, 9.17) is 9.84 Å². The Morgan fingerprint density at radius 1 is 1.10 bits per heavy atom. The molecule has 0 saturated carbocycles. The molecule has 4 aromatic rings. The number of aromatic carboxylic acids is 1. The van der Waals surface area contributed by atoms with Gasteiger partial charge in [0, 0.05) is 45.6 Å². The molecule has 216 valence electrons. The number of aromatic amines is 1. The van der Waals surface area contributed by atoms with Crippen LogP contribution in [0.25, 0.3) is 22.3 Å². The van der Waals surface area contributed by atoms with Crippen LogP contribution < -0.4 is 5.32 Å². The maximum atomic E-state index is 12.1. The molecule has 0 atom stereocenters. The van der Waals surface area contributed by atoms with Crippen LogP contribution in [-0.2, 0) is 11.5 Å². The summed E-state index contributed by atoms with van der Waals surface area (Å²) in [4.78, 5) is 43.0. The van der Waals surface area contributed by atoms with Crippen molar-refractivity contribution < 1.29 is 24.5 Å². The molecule has 1 amide bonds. The number of carboxylic acids is 1. The van der Waals surface area contributed by atoms with E-state index in [-0.39, 0.29) is 30.2 Å². The lowest BCUT2D eigenvalue weighted by atomic mass is 9.95. The van der Waals surface area contributed by atoms with Crippen molar-refractivity contribution in [3.63, 3.8) is 0 Å². The Labute approximate surface area is 249 Å². The standard InChI is InChI=1S/C13H18BrN3O3Si.C12H15BrN4O2/c1-21(2,3)5-4-20-8-17-7-9(13(18)19)11-12(17)15-6-10(14)16-11;1-12(2,6-18)5-16-11(19)7-3-14-10-9(7)17-8(13)4-15-10/h6-7H,4-5,8H2,1-3H3,(H,18,19);3-4,18H,5-6H2,1-2H3,(H,14,15)(H,16,19). The second kappa shape index (κ2) is 13.3. The summed E-state index contributed by atoms with van der Waals surface area (Å²) >= 11 is 6.44. The van der Waals surface area contributed by atoms with Crippen molar-refractivity contribution in [2.24, 2.45) is 5.41 Å². The fourth-order valence-corrected chi connectivity index (χ4v) is 4.66. The predicted molar refractivity (Wildman–Crippen MR) is 161 cm³/mol. The molecular weight excluding hydrogens is 666 g/mol. The first kappa shape index (κ1) is 31.8. The molecular formula is C25H33Br2N7O5Si. The third-order valence-electron chi connectivity index (χ3n) is 5.74. The molecule has 4 rings (SSSR count). The normalized spacial score (nSPS) is 11.9. The van der Waals surface area contributed by atoms with Crippen LogP contribution in [0.15, 0.2) is 34.0 Å². The number of hydrogen-bond acceptors (Lipinski definition) is 8. The molecule has 4 heterocycles. The second-order valence-corrected chi connectivity index (χ2v) is 18.4. The van der Waals surface area contributed by atoms with E-state index in [1.165, 1.54) is 6.20 Å². The molecule has 4 aromatic heterocycles. The lowest BCUT2D eigenvalue weighted by Gasteiger charge is -2.21. The van der Waals surface area contributed by atoms with E-state index in [2.05, 4.69) is 81.7 Å². The highest BCUT2D eigenvalue weighted by atomic mass is 79.9. The highest BCUT2D eigenvalue weighted by Crippen LogP contribution is 2.21. The molecule has 0 radical (unpaired) electrons. The first-order chi connectivity index (χ1) is 18.7. The number of nitrogens with one attached hydrogen (secondary N) is 2. The van der Waals surface area contributed by atoms with E-state index in [1.807, 2.05) is 13.8 Å². The number of fused-ring (bicyclic) bond motifs is 2. The summed E-state index contributed by atoms with van der Waals surface area (Å²) in [6.45, 7) is 11.9. The molecule has 0 unspecified atom stereocenters. The minimum absolute atomic E-state index is 0.00647. The zero-order valence-electron chi connectivity index (χ0n) is 23.0. The number of ether oxygens (including phenoxy) is 1. The van der Waals surface area contributed by atoms with Crippen molar-refractivity contribution in [2.45, 2.75) is 46.3 Å². The van der Waals surface area contributed by atoms with Gasteiger partial charge in [0.1, 0.15) is 32.5 Å². The molecule has 0 fully saturated rings. The zero-order chi connectivity index (χ0) is 29.7. The molecule has 12 nitrogen and oxygen atoms in total. The summed E-state index contributed by atoms with van der Waals surface area (Å²) in [6, 6.07) is 1.06. The number of nitrogens with zero attached hydrogens (tertiary/aromatic N) is 5. The number of carboxylic acid groups (broad SMARTS) is 1. The lowest BCUT2D eigenvalue weighted by Crippen LogP contribution is -2.36. The zero-order valence-corrected chi connectivity index (χ0v) is 27.1. The van der Waals surface area contributed by atoms with E-state index in [0.29, 0.717) is 50.2 Å². The van der Waals surface area contributed by atoms with Gasteiger partial charge in [0.15, 0.2) is 11.3 Å². The van der Waals surface area contributed by atoms with Gasteiger partial charge < -0.3 is 29.8 Å². The monoisotopic (exact) mass is 697 g/mol. The second-order valence-electron chi connectivity index (χ2n) is 11.1. The summed E-state index contributed by atoms with van der Waals surface area (Å²) < 4.78 is 8.42. The van der Waals surface area contributed by atoms with Gasteiger partial charge in [0.25, 0.3) is 5.91 Å². The van der Waals surface area contributed by atoms with E-state index >= 15 is 0 Å². The number of carbonyl (C=O) groups excluding carboxylic acids is 1. The Kier molecular flexibility index (Phi) is 10.6. The SMILES string of the molecule is CC(C)(CO)CNC(=O)c1c[nH]c2ncc(Br)nc12.C[Si](C)(C)CCOCn1cc(C(=O)O)c2nc(Br)cnc21. The average Bonchev–Trinajstić information content (AvgIpc) is 3.46. The fraction of sp³-hybridized carbons (Fsp3) is 0.440. The quantitative estimate of drug-likeness (QED) is 0.136. The summed E-state index contributed by atoms with van der Waals surface area (Å²) in [5.41, 5.74) is 2.19. The molecule has 40 heavy (non-hydrogen) atoms. The van der Waals surface area contributed by atoms with Crippen LogP contribution in [0.1, 0.15) is 34.6 Å². The van der Waals surface area contributed by atoms with E-state index in [9.17, 15) is 14.7 Å². The van der Waals surface area contributed by atoms with Crippen LogP contribution in [0.4, 0.5) is 0 Å². The van der Waals surface area contributed by atoms with Gasteiger partial charge in [0.05, 0.1) is 18.0 Å². The Morgan fingerprint density at radius 3 is 2.38 bits per heavy atom. The first-order valence-electron chi connectivity index (χ1n) is 12.4. The molecule has 4 N–H and O–H groups in total. The number of amides is 1. The predicted octanol–water partition coefficient (Wildman–Crippen LogP) is 4.67. The Morgan fingerprint density at radius 2 is 1.75 bits per heavy atom. The topological polar surface area (TPSA) is 168 Å². The number of hydrogen-bond donors (Lipinski definition) is 4. The first-order valence-corrected chi connectivity index (χ1v) is 17.7. The van der Waals surface area contributed by atoms with Crippen LogP contribution in [0, 0.1) is 5.41 Å². The van der Waals surface area contributed by atoms with Gasteiger partial charge in [-0.1, -0.05) is 33.5 Å². The van der Waals surface area contributed by atoms with Crippen molar-refractivity contribution in [3.05, 3.63) is 45.1 Å². The third-order valence-corrected chi connectivity index (χ3v) is 8.21. The van der Waals surface area contributed by atoms with E-state index in [0.717, 1.165) is 6.04 Å². The van der Waals surface area contributed by atoms with Crippen molar-refractivity contribution in [2.75, 3.05) is 19.8 Å². The van der Waals surface area contributed by atoms with Crippen LogP contribution in [0.2, 0.25) is 25.7 Å². The van der Waals surface area contributed by atoms with Gasteiger partial charge in [-0.05, 0) is 37.9 Å². The molecule has 0 aromatic carbocycles. The molecule has 0 saturated heterocycles. The van der Waals surface area contributed by atoms with Crippen LogP contribution in [-0.4, -0.2) is 79.4 Å². The average molecular weight is 699 g/mol. The molecule has 0 aliphatic heterocycles. The van der Waals surface area contributed by atoms with E-state index in [1.54, 1.807) is 23.2 Å². The van der Waals surface area contributed by atoms with Crippen LogP contribution in [0.5, 0.6) is 0 Å². The number of H-pyrrole nitrogens is 1. The van der Waals surface area contributed by atoms with Crippen LogP contribution in [0.3, 0.4) is 0 Å². The minimum Gasteiger partial charge on any atom is -0.478 e. The van der Waals surface area contributed by atoms with Gasteiger partial charge in [-0.25, -0.2) is 24.7 Å². The maximum absolute atomic E-state index is 12.1. The number of aromatic nitrogens is 6. The number of aliphatic hydroxyl groups is 1. The van der Waals surface area contributed by atoms with Gasteiger partial charge in [-0.15, -0.1) is 0 Å². The van der Waals surface area contributed by atoms with Crippen molar-refractivity contribution in [1.82, 2.24) is 34.8 Å². The smallest absolute Gasteiger partial charge is 0.339 e. The van der Waals surface area contributed by atoms with Gasteiger partial charge in [0.2, 0.25) is 0 Å². The molecule has 0 aliphatic carbocycles. The van der Waals surface area contributed by atoms with Gasteiger partial charge >= 0.3 is 5.97 Å². The highest BCUT2D eigenvalue weighted by molar-refractivity contribution is 9.10.